The number of rotatable bonds is 4. The van der Waals surface area contributed by atoms with E-state index in [4.69, 9.17) is 11.5 Å². The van der Waals surface area contributed by atoms with Crippen LogP contribution in [0.15, 0.2) is 36.4 Å². The van der Waals surface area contributed by atoms with Crippen LogP contribution in [0.1, 0.15) is 0 Å². The molecule has 148 valence electrons. The Labute approximate surface area is 147 Å². The van der Waals surface area contributed by atoms with Gasteiger partial charge < -0.3 is 31.2 Å². The average Bonchev–Trinajstić information content (AvgIpc) is 2.51. The van der Waals surface area contributed by atoms with Crippen LogP contribution in [0.25, 0.3) is 0 Å². The summed E-state index contributed by atoms with van der Waals surface area (Å²) < 4.78 is 89.0. The second kappa shape index (κ2) is 6.52. The van der Waals surface area contributed by atoms with Gasteiger partial charge in [-0.25, -0.2) is 0 Å². The molecule has 0 saturated carbocycles. The third kappa shape index (κ3) is 3.83. The first-order valence-electron chi connectivity index (χ1n) is 6.95. The highest BCUT2D eigenvalue weighted by molar-refractivity contribution is 5.55. The SMILES string of the molecule is Nc1ccc(OC(Oc2ccc(N)c(O)c2)(C(F)(F)F)C(F)(F)F)cc1O. The Morgan fingerprint density at radius 1 is 0.667 bits per heavy atom. The van der Waals surface area contributed by atoms with Gasteiger partial charge >= 0.3 is 18.1 Å². The molecule has 0 aromatic heterocycles. The number of benzene rings is 2. The number of phenolic OH excluding ortho intramolecular Hbond substituents is 2. The minimum atomic E-state index is -6.11. The molecule has 27 heavy (non-hydrogen) atoms. The van der Waals surface area contributed by atoms with E-state index < -0.39 is 41.1 Å². The van der Waals surface area contributed by atoms with E-state index in [2.05, 4.69) is 9.47 Å². The zero-order valence-corrected chi connectivity index (χ0v) is 13.1. The Morgan fingerprint density at radius 2 is 1.00 bits per heavy atom. The van der Waals surface area contributed by atoms with Crippen LogP contribution in [0.4, 0.5) is 37.7 Å². The smallest absolute Gasteiger partial charge is 0.478 e. The number of alkyl halides is 6. The summed E-state index contributed by atoms with van der Waals surface area (Å²) in [6, 6.07) is 3.99. The molecule has 0 unspecified atom stereocenters. The minimum absolute atomic E-state index is 0.295. The number of phenols is 2. The maximum absolute atomic E-state index is 13.5. The highest BCUT2D eigenvalue weighted by Gasteiger charge is 2.77. The van der Waals surface area contributed by atoms with Crippen LogP contribution in [-0.4, -0.2) is 28.4 Å². The van der Waals surface area contributed by atoms with Crippen molar-refractivity contribution in [3.8, 4) is 23.0 Å². The van der Waals surface area contributed by atoms with Gasteiger partial charge in [0.2, 0.25) is 0 Å². The van der Waals surface area contributed by atoms with Gasteiger partial charge in [-0.05, 0) is 24.3 Å². The Kier molecular flexibility index (Phi) is 4.86. The molecule has 0 radical (unpaired) electrons. The predicted molar refractivity (Wildman–Crippen MR) is 81.1 cm³/mol. The Balaban J connectivity index is 2.58. The monoisotopic (exact) mass is 398 g/mol. The Morgan fingerprint density at radius 3 is 1.26 bits per heavy atom. The van der Waals surface area contributed by atoms with Crippen LogP contribution in [0.5, 0.6) is 23.0 Å². The fraction of sp³-hybridized carbons (Fsp3) is 0.200. The van der Waals surface area contributed by atoms with Crippen molar-refractivity contribution in [1.82, 2.24) is 0 Å². The van der Waals surface area contributed by atoms with E-state index in [0.717, 1.165) is 12.1 Å². The molecular weight excluding hydrogens is 386 g/mol. The number of hydrogen-bond donors (Lipinski definition) is 4. The van der Waals surface area contributed by atoms with Crippen molar-refractivity contribution in [3.63, 3.8) is 0 Å². The fourth-order valence-corrected chi connectivity index (χ4v) is 1.92. The lowest BCUT2D eigenvalue weighted by Gasteiger charge is -2.36. The van der Waals surface area contributed by atoms with Gasteiger partial charge in [0.25, 0.3) is 0 Å². The lowest BCUT2D eigenvalue weighted by atomic mass is 10.2. The van der Waals surface area contributed by atoms with E-state index >= 15 is 0 Å². The molecule has 0 heterocycles. The molecule has 0 fully saturated rings. The second-order valence-corrected chi connectivity index (χ2v) is 5.26. The number of hydrogen-bond acceptors (Lipinski definition) is 6. The van der Waals surface area contributed by atoms with E-state index in [1.54, 1.807) is 0 Å². The summed E-state index contributed by atoms with van der Waals surface area (Å²) in [6.07, 6.45) is -12.2. The quantitative estimate of drug-likeness (QED) is 0.271. The first-order valence-corrected chi connectivity index (χ1v) is 6.95. The minimum Gasteiger partial charge on any atom is -0.506 e. The van der Waals surface area contributed by atoms with E-state index in [9.17, 15) is 36.6 Å². The molecule has 2 rings (SSSR count). The van der Waals surface area contributed by atoms with Gasteiger partial charge in [-0.15, -0.1) is 0 Å². The van der Waals surface area contributed by atoms with Crippen molar-refractivity contribution >= 4 is 11.4 Å². The molecule has 0 aliphatic carbocycles. The van der Waals surface area contributed by atoms with Crippen molar-refractivity contribution < 1.29 is 46.0 Å². The van der Waals surface area contributed by atoms with Crippen LogP contribution < -0.4 is 20.9 Å². The van der Waals surface area contributed by atoms with Gasteiger partial charge in [0.1, 0.15) is 23.0 Å². The molecule has 12 heteroatoms. The molecule has 2 aromatic carbocycles. The summed E-state index contributed by atoms with van der Waals surface area (Å²) in [5.74, 6) is -8.77. The molecule has 6 N–H and O–H groups in total. The molecule has 0 bridgehead atoms. The molecule has 2 aromatic rings. The van der Waals surface area contributed by atoms with E-state index in [0.29, 0.717) is 24.3 Å². The number of anilines is 2. The lowest BCUT2D eigenvalue weighted by Crippen LogP contribution is -2.65. The lowest BCUT2D eigenvalue weighted by molar-refractivity contribution is -0.422. The second-order valence-electron chi connectivity index (χ2n) is 5.26. The van der Waals surface area contributed by atoms with Crippen LogP contribution in [0.3, 0.4) is 0 Å². The standard InChI is InChI=1S/C15H12F6N2O4/c16-14(17,18)13(15(19,20)21,26-7-1-3-9(22)11(24)5-7)27-8-2-4-10(23)12(25)6-8/h1-6,24-25H,22-23H2. The zero-order valence-electron chi connectivity index (χ0n) is 13.1. The Hall–Kier alpha value is -3.18. The highest BCUT2D eigenvalue weighted by atomic mass is 19.4. The number of nitrogen functional groups attached to an aromatic ring is 2. The van der Waals surface area contributed by atoms with Crippen LogP contribution >= 0.6 is 0 Å². The first-order chi connectivity index (χ1) is 12.3. The number of halogens is 6. The van der Waals surface area contributed by atoms with Crippen molar-refractivity contribution in [2.45, 2.75) is 18.1 Å². The van der Waals surface area contributed by atoms with Crippen molar-refractivity contribution in [2.24, 2.45) is 0 Å². The highest BCUT2D eigenvalue weighted by Crippen LogP contribution is 2.48. The average molecular weight is 398 g/mol. The summed E-state index contributed by atoms with van der Waals surface area (Å²) in [5, 5.41) is 18.8. The van der Waals surface area contributed by atoms with Gasteiger partial charge in [-0.2, -0.15) is 26.3 Å². The first kappa shape index (κ1) is 20.1. The third-order valence-corrected chi connectivity index (χ3v) is 3.27. The van der Waals surface area contributed by atoms with Gasteiger partial charge in [0, 0.05) is 12.1 Å². The largest absolute Gasteiger partial charge is 0.506 e. The predicted octanol–water partition coefficient (Wildman–Crippen LogP) is 3.54. The molecule has 0 amide bonds. The topological polar surface area (TPSA) is 111 Å². The summed E-state index contributed by atoms with van der Waals surface area (Å²) in [4.78, 5) is 0. The molecule has 0 saturated heterocycles. The summed E-state index contributed by atoms with van der Waals surface area (Å²) in [6.45, 7) is 0. The van der Waals surface area contributed by atoms with Gasteiger partial charge in [-0.3, -0.25) is 0 Å². The number of ether oxygens (including phenoxy) is 2. The normalized spacial score (nSPS) is 12.7. The van der Waals surface area contributed by atoms with Gasteiger partial charge in [-0.1, -0.05) is 0 Å². The molecule has 6 nitrogen and oxygen atoms in total. The maximum atomic E-state index is 13.5. The fourth-order valence-electron chi connectivity index (χ4n) is 1.92. The van der Waals surface area contributed by atoms with E-state index in [1.165, 1.54) is 0 Å². The molecule has 0 aliphatic rings. The summed E-state index contributed by atoms with van der Waals surface area (Å²) >= 11 is 0. The van der Waals surface area contributed by atoms with Crippen LogP contribution in [0, 0.1) is 0 Å². The molecule has 0 spiro atoms. The van der Waals surface area contributed by atoms with Gasteiger partial charge in [0.15, 0.2) is 0 Å². The van der Waals surface area contributed by atoms with Crippen LogP contribution in [-0.2, 0) is 0 Å². The molecular formula is C15H12F6N2O4. The van der Waals surface area contributed by atoms with Gasteiger partial charge in [0.05, 0.1) is 11.4 Å². The Bertz CT molecular complexity index is 769. The number of aromatic hydroxyl groups is 2. The van der Waals surface area contributed by atoms with E-state index in [1.807, 2.05) is 0 Å². The number of nitrogens with two attached hydrogens (primary N) is 2. The van der Waals surface area contributed by atoms with Crippen molar-refractivity contribution in [3.05, 3.63) is 36.4 Å². The van der Waals surface area contributed by atoms with E-state index in [-0.39, 0.29) is 11.4 Å². The summed E-state index contributed by atoms with van der Waals surface area (Å²) in [5.41, 5.74) is 9.92. The maximum Gasteiger partial charge on any atom is 0.478 e. The third-order valence-electron chi connectivity index (χ3n) is 3.27. The molecule has 0 aliphatic heterocycles. The van der Waals surface area contributed by atoms with Crippen molar-refractivity contribution in [1.29, 1.82) is 0 Å². The molecule has 0 atom stereocenters. The summed E-state index contributed by atoms with van der Waals surface area (Å²) in [7, 11) is 0. The zero-order chi connectivity index (χ0) is 20.6. The van der Waals surface area contributed by atoms with Crippen LogP contribution in [0.2, 0.25) is 0 Å². The van der Waals surface area contributed by atoms with Crippen molar-refractivity contribution in [2.75, 3.05) is 11.5 Å².